The zero-order valence-corrected chi connectivity index (χ0v) is 15.7. The lowest BCUT2D eigenvalue weighted by Crippen LogP contribution is -2.32. The summed E-state index contributed by atoms with van der Waals surface area (Å²) in [5.41, 5.74) is 2.33. The number of fused-ring (bicyclic) bond motifs is 1. The summed E-state index contributed by atoms with van der Waals surface area (Å²) in [6, 6.07) is 11.6. The number of benzene rings is 2. The van der Waals surface area contributed by atoms with Gasteiger partial charge in [0.2, 0.25) is 5.91 Å². The topological polar surface area (TPSA) is 116 Å². The first-order valence-electron chi connectivity index (χ1n) is 8.32. The minimum atomic E-state index is -3.89. The number of aliphatic hydroxyl groups excluding tert-OH is 1. The van der Waals surface area contributed by atoms with Crippen LogP contribution in [0.4, 0.5) is 5.69 Å². The average Bonchev–Trinajstić information content (AvgIpc) is 2.90. The molecule has 0 radical (unpaired) electrons. The number of hydrogen-bond donors (Lipinski definition) is 3. The fourth-order valence-corrected chi connectivity index (χ4v) is 4.96. The molecule has 1 aliphatic rings. The number of carbonyl (C=O) groups excluding carboxylic acids is 1. The Morgan fingerprint density at radius 3 is 2.57 bits per heavy atom. The second-order valence-electron chi connectivity index (χ2n) is 5.95. The molecule has 2 aromatic carbocycles. The van der Waals surface area contributed by atoms with Crippen LogP contribution in [-0.2, 0) is 14.8 Å². The van der Waals surface area contributed by atoms with E-state index in [1.54, 1.807) is 30.6 Å². The molecule has 1 heterocycles. The van der Waals surface area contributed by atoms with E-state index in [1.807, 2.05) is 0 Å². The zero-order chi connectivity index (χ0) is 20.3. The molecule has 8 nitrogen and oxygen atoms in total. The van der Waals surface area contributed by atoms with Gasteiger partial charge < -0.3 is 9.84 Å². The highest BCUT2D eigenvalue weighted by Crippen LogP contribution is 2.44. The van der Waals surface area contributed by atoms with E-state index in [0.29, 0.717) is 17.0 Å². The maximum Gasteiger partial charge on any atom is 0.265 e. The van der Waals surface area contributed by atoms with E-state index < -0.39 is 28.3 Å². The predicted octanol–water partition coefficient (Wildman–Crippen LogP) is 1.55. The van der Waals surface area contributed by atoms with Gasteiger partial charge in [0.15, 0.2) is 0 Å². The monoisotopic (exact) mass is 402 g/mol. The summed E-state index contributed by atoms with van der Waals surface area (Å²) in [6.07, 6.45) is -1.55. The van der Waals surface area contributed by atoms with Crippen LogP contribution in [0.2, 0.25) is 0 Å². The molecule has 0 aliphatic carbocycles. The molecule has 0 fully saturated rings. The molecule has 0 saturated heterocycles. The van der Waals surface area contributed by atoms with Crippen molar-refractivity contribution in [1.82, 2.24) is 5.48 Å². The number of nitrogens with zero attached hydrogens (tertiary/aromatic N) is 1. The third kappa shape index (κ3) is 3.66. The van der Waals surface area contributed by atoms with Crippen molar-refractivity contribution < 1.29 is 28.3 Å². The van der Waals surface area contributed by atoms with Crippen LogP contribution in [0.3, 0.4) is 0 Å². The third-order valence-corrected chi connectivity index (χ3v) is 6.12. The van der Waals surface area contributed by atoms with Crippen molar-refractivity contribution in [3.05, 3.63) is 54.1 Å². The average molecular weight is 402 g/mol. The molecule has 0 bridgehead atoms. The van der Waals surface area contributed by atoms with Crippen LogP contribution in [0.1, 0.15) is 24.9 Å². The highest BCUT2D eigenvalue weighted by Gasteiger charge is 2.43. The Morgan fingerprint density at radius 2 is 1.93 bits per heavy atom. The molecular formula is C19H18N2O6S. The number of aliphatic hydroxyl groups is 1. The minimum absolute atomic E-state index is 0.111. The van der Waals surface area contributed by atoms with E-state index in [2.05, 4.69) is 11.8 Å². The number of anilines is 1. The number of nitrogens with one attached hydrogen (secondary N) is 1. The Hall–Kier alpha value is -3.06. The van der Waals surface area contributed by atoms with Crippen LogP contribution in [0, 0.1) is 11.8 Å². The van der Waals surface area contributed by atoms with Crippen LogP contribution < -0.4 is 14.5 Å². The second kappa shape index (κ2) is 7.90. The summed E-state index contributed by atoms with van der Waals surface area (Å²) in [6.45, 7) is 1.56. The number of hydroxylamine groups is 1. The first-order valence-corrected chi connectivity index (χ1v) is 9.76. The predicted molar refractivity (Wildman–Crippen MR) is 99.9 cm³/mol. The maximum atomic E-state index is 13.1. The number of ether oxygens (including phenoxy) is 1. The SMILES string of the molecule is CC#CC(O)Oc1ccc(N2C(CC(=O)NO)c3ccccc3S2(=O)=O)cc1. The smallest absolute Gasteiger partial charge is 0.265 e. The summed E-state index contributed by atoms with van der Waals surface area (Å²) < 4.78 is 32.5. The van der Waals surface area contributed by atoms with Crippen molar-refractivity contribution in [2.45, 2.75) is 30.6 Å². The Balaban J connectivity index is 1.98. The molecule has 146 valence electrons. The summed E-state index contributed by atoms with van der Waals surface area (Å²) in [4.78, 5) is 11.9. The Labute approximate surface area is 162 Å². The summed E-state index contributed by atoms with van der Waals surface area (Å²) in [7, 11) is -3.89. The van der Waals surface area contributed by atoms with E-state index in [0.717, 1.165) is 4.31 Å². The second-order valence-corrected chi connectivity index (χ2v) is 7.74. The maximum absolute atomic E-state index is 13.1. The van der Waals surface area contributed by atoms with Crippen molar-refractivity contribution in [3.63, 3.8) is 0 Å². The Morgan fingerprint density at radius 1 is 1.25 bits per heavy atom. The van der Waals surface area contributed by atoms with Crippen LogP contribution >= 0.6 is 0 Å². The molecule has 1 aliphatic heterocycles. The van der Waals surface area contributed by atoms with Gasteiger partial charge in [-0.2, -0.15) is 0 Å². The van der Waals surface area contributed by atoms with Crippen molar-refractivity contribution in [3.8, 4) is 17.6 Å². The van der Waals surface area contributed by atoms with Gasteiger partial charge in [0, 0.05) is 0 Å². The fourth-order valence-electron chi connectivity index (χ4n) is 3.08. The van der Waals surface area contributed by atoms with Gasteiger partial charge in [-0.25, -0.2) is 13.9 Å². The molecule has 9 heteroatoms. The fraction of sp³-hybridized carbons (Fsp3) is 0.211. The van der Waals surface area contributed by atoms with Crippen molar-refractivity contribution in [2.75, 3.05) is 4.31 Å². The van der Waals surface area contributed by atoms with Gasteiger partial charge >= 0.3 is 0 Å². The molecule has 2 unspecified atom stereocenters. The summed E-state index contributed by atoms with van der Waals surface area (Å²) in [5.74, 6) is 4.55. The quantitative estimate of drug-likeness (QED) is 0.302. The van der Waals surface area contributed by atoms with Gasteiger partial charge in [-0.3, -0.25) is 14.3 Å². The number of hydrogen-bond acceptors (Lipinski definition) is 6. The molecule has 3 rings (SSSR count). The largest absolute Gasteiger partial charge is 0.454 e. The van der Waals surface area contributed by atoms with Crippen LogP contribution in [0.5, 0.6) is 5.75 Å². The zero-order valence-electron chi connectivity index (χ0n) is 14.9. The standard InChI is InChI=1S/C19H18N2O6S/c1-2-5-19(23)27-14-10-8-13(9-11-14)21-16(12-18(22)20-24)15-6-3-4-7-17(15)28(21,25)26/h3-4,6-11,16,19,23-24H,12H2,1H3,(H,20,22). The normalized spacial score (nSPS) is 17.8. The molecule has 28 heavy (non-hydrogen) atoms. The van der Waals surface area contributed by atoms with Gasteiger partial charge in [0.05, 0.1) is 23.0 Å². The van der Waals surface area contributed by atoms with Crippen molar-refractivity contribution in [1.29, 1.82) is 0 Å². The lowest BCUT2D eigenvalue weighted by Gasteiger charge is -2.25. The van der Waals surface area contributed by atoms with Crippen LogP contribution in [-0.4, -0.2) is 30.9 Å². The molecular weight excluding hydrogens is 384 g/mol. The number of carbonyl (C=O) groups is 1. The van der Waals surface area contributed by atoms with Crippen molar-refractivity contribution >= 4 is 21.6 Å². The molecule has 2 atom stereocenters. The molecule has 0 aromatic heterocycles. The number of amides is 1. The summed E-state index contributed by atoms with van der Waals surface area (Å²) in [5, 5.41) is 18.5. The Bertz CT molecular complexity index is 1040. The van der Waals surface area contributed by atoms with E-state index >= 15 is 0 Å². The number of sulfonamides is 1. The highest BCUT2D eigenvalue weighted by atomic mass is 32.2. The van der Waals surface area contributed by atoms with E-state index in [1.165, 1.54) is 30.3 Å². The lowest BCUT2D eigenvalue weighted by atomic mass is 10.0. The number of rotatable bonds is 5. The molecule has 2 aromatic rings. The van der Waals surface area contributed by atoms with Gasteiger partial charge in [0.25, 0.3) is 16.3 Å². The van der Waals surface area contributed by atoms with E-state index in [4.69, 9.17) is 9.94 Å². The van der Waals surface area contributed by atoms with Gasteiger partial charge in [-0.05, 0) is 48.7 Å². The van der Waals surface area contributed by atoms with Gasteiger partial charge in [0.1, 0.15) is 5.75 Å². The Kier molecular flexibility index (Phi) is 5.56. The first-order chi connectivity index (χ1) is 13.4. The summed E-state index contributed by atoms with van der Waals surface area (Å²) >= 11 is 0. The van der Waals surface area contributed by atoms with Crippen molar-refractivity contribution in [2.24, 2.45) is 0 Å². The van der Waals surface area contributed by atoms with Gasteiger partial charge in [-0.15, -0.1) is 5.92 Å². The molecule has 0 spiro atoms. The van der Waals surface area contributed by atoms with Gasteiger partial charge in [-0.1, -0.05) is 18.2 Å². The molecule has 0 saturated carbocycles. The van der Waals surface area contributed by atoms with Crippen LogP contribution in [0.25, 0.3) is 0 Å². The highest BCUT2D eigenvalue weighted by molar-refractivity contribution is 7.93. The minimum Gasteiger partial charge on any atom is -0.454 e. The molecule has 3 N–H and O–H groups in total. The van der Waals surface area contributed by atoms with E-state index in [-0.39, 0.29) is 11.3 Å². The van der Waals surface area contributed by atoms with Crippen LogP contribution in [0.15, 0.2) is 53.4 Å². The molecule has 1 amide bonds. The first kappa shape index (κ1) is 19.7. The van der Waals surface area contributed by atoms with E-state index in [9.17, 15) is 18.3 Å². The third-order valence-electron chi connectivity index (χ3n) is 4.21. The lowest BCUT2D eigenvalue weighted by molar-refractivity contribution is -0.129.